The van der Waals surface area contributed by atoms with Gasteiger partial charge in [-0.2, -0.15) is 23.5 Å². The van der Waals surface area contributed by atoms with Crippen molar-refractivity contribution in [3.8, 4) is 11.3 Å². The molecule has 1 N–H and O–H groups in total. The summed E-state index contributed by atoms with van der Waals surface area (Å²) < 4.78 is 49.0. The minimum absolute atomic E-state index is 0.0499. The van der Waals surface area contributed by atoms with E-state index in [0.717, 1.165) is 10.6 Å². The van der Waals surface area contributed by atoms with Crippen molar-refractivity contribution in [2.24, 2.45) is 7.05 Å². The van der Waals surface area contributed by atoms with Crippen LogP contribution in [0.4, 0.5) is 13.2 Å². The van der Waals surface area contributed by atoms with Gasteiger partial charge in [0.25, 0.3) is 5.91 Å². The van der Waals surface area contributed by atoms with Gasteiger partial charge >= 0.3 is 5.92 Å². The summed E-state index contributed by atoms with van der Waals surface area (Å²) in [5.41, 5.74) is 1.05. The number of hydrogen-bond donors (Lipinski definition) is 1. The summed E-state index contributed by atoms with van der Waals surface area (Å²) in [7, 11) is 1.72. The number of carbonyl (C=O) groups is 1. The minimum Gasteiger partial charge on any atom is -0.350 e. The van der Waals surface area contributed by atoms with Gasteiger partial charge < -0.3 is 5.32 Å². The number of aryl methyl sites for hydroxylation is 2. The van der Waals surface area contributed by atoms with Gasteiger partial charge in [-0.3, -0.25) is 9.48 Å². The molecule has 0 aliphatic carbocycles. The molecule has 1 amide bonds. The zero-order valence-corrected chi connectivity index (χ0v) is 19.9. The van der Waals surface area contributed by atoms with Crippen LogP contribution in [0.1, 0.15) is 41.2 Å². The lowest BCUT2D eigenvalue weighted by molar-refractivity contribution is 0.0301. The molecule has 5 aromatic rings. The van der Waals surface area contributed by atoms with Crippen molar-refractivity contribution < 1.29 is 18.0 Å². The summed E-state index contributed by atoms with van der Waals surface area (Å²) in [4.78, 5) is 12.2. The van der Waals surface area contributed by atoms with Crippen molar-refractivity contribution >= 4 is 22.5 Å². The SMILES string of the molecule is Cc1cc2nn(C)cc2cc1C(F)(F)c1nnc2ccc(-c3ccc(C(=O)NC(C)C)cc3F)nn12. The van der Waals surface area contributed by atoms with Crippen LogP contribution in [0.25, 0.3) is 27.8 Å². The number of nitrogens with one attached hydrogen (secondary N) is 1. The van der Waals surface area contributed by atoms with E-state index in [-0.39, 0.29) is 34.1 Å². The third-order valence-electron chi connectivity index (χ3n) is 5.77. The number of benzene rings is 2. The highest BCUT2D eigenvalue weighted by molar-refractivity contribution is 5.94. The van der Waals surface area contributed by atoms with Crippen LogP contribution < -0.4 is 5.32 Å². The summed E-state index contributed by atoms with van der Waals surface area (Å²) in [5, 5.41) is 19.3. The van der Waals surface area contributed by atoms with Crippen molar-refractivity contribution in [3.05, 3.63) is 77.0 Å². The molecule has 3 aromatic heterocycles. The molecule has 8 nitrogen and oxygen atoms in total. The van der Waals surface area contributed by atoms with Gasteiger partial charge in [-0.15, -0.1) is 10.2 Å². The van der Waals surface area contributed by atoms with E-state index in [1.54, 1.807) is 44.8 Å². The van der Waals surface area contributed by atoms with Crippen molar-refractivity contribution in [2.45, 2.75) is 32.7 Å². The van der Waals surface area contributed by atoms with E-state index in [2.05, 4.69) is 25.7 Å². The summed E-state index contributed by atoms with van der Waals surface area (Å²) in [5.74, 6) is -5.37. The molecular formula is C25H22F3N7O. The highest BCUT2D eigenvalue weighted by atomic mass is 19.3. The summed E-state index contributed by atoms with van der Waals surface area (Å²) in [6.45, 7) is 5.17. The Labute approximate surface area is 203 Å². The lowest BCUT2D eigenvalue weighted by Gasteiger charge is -2.17. The monoisotopic (exact) mass is 493 g/mol. The first-order valence-corrected chi connectivity index (χ1v) is 11.2. The van der Waals surface area contributed by atoms with Gasteiger partial charge in [-0.25, -0.2) is 4.39 Å². The Bertz CT molecular complexity index is 1640. The van der Waals surface area contributed by atoms with Gasteiger partial charge in [0.15, 0.2) is 5.65 Å². The third-order valence-corrected chi connectivity index (χ3v) is 5.77. The molecular weight excluding hydrogens is 471 g/mol. The average Bonchev–Trinajstić information content (AvgIpc) is 3.40. The molecule has 0 saturated heterocycles. The van der Waals surface area contributed by atoms with E-state index in [4.69, 9.17) is 0 Å². The molecule has 0 radical (unpaired) electrons. The molecule has 0 atom stereocenters. The second-order valence-corrected chi connectivity index (χ2v) is 8.94. The van der Waals surface area contributed by atoms with Crippen molar-refractivity contribution in [1.82, 2.24) is 34.9 Å². The van der Waals surface area contributed by atoms with E-state index in [0.29, 0.717) is 16.5 Å². The second-order valence-electron chi connectivity index (χ2n) is 8.94. The number of halogens is 3. The number of alkyl halides is 2. The van der Waals surface area contributed by atoms with Crippen LogP contribution in [-0.2, 0) is 13.0 Å². The molecule has 36 heavy (non-hydrogen) atoms. The lowest BCUT2D eigenvalue weighted by Crippen LogP contribution is -2.30. The second kappa shape index (κ2) is 8.43. The molecule has 0 fully saturated rings. The van der Waals surface area contributed by atoms with E-state index in [1.165, 1.54) is 30.3 Å². The number of fused-ring (bicyclic) bond motifs is 2. The fourth-order valence-corrected chi connectivity index (χ4v) is 4.10. The molecule has 0 spiro atoms. The predicted octanol–water partition coefficient (Wildman–Crippen LogP) is 4.40. The van der Waals surface area contributed by atoms with Gasteiger partial charge in [0.05, 0.1) is 11.2 Å². The molecule has 0 bridgehead atoms. The molecule has 0 aliphatic heterocycles. The lowest BCUT2D eigenvalue weighted by atomic mass is 10.00. The van der Waals surface area contributed by atoms with Crippen LogP contribution in [0.3, 0.4) is 0 Å². The van der Waals surface area contributed by atoms with Gasteiger partial charge in [0.1, 0.15) is 5.82 Å². The Morgan fingerprint density at radius 2 is 1.83 bits per heavy atom. The maximum atomic E-state index is 15.8. The van der Waals surface area contributed by atoms with Crippen LogP contribution in [-0.4, -0.2) is 41.5 Å². The molecule has 3 heterocycles. The zero-order chi connectivity index (χ0) is 25.8. The van der Waals surface area contributed by atoms with E-state index < -0.39 is 23.5 Å². The van der Waals surface area contributed by atoms with Crippen molar-refractivity contribution in [2.75, 3.05) is 0 Å². The Morgan fingerprint density at radius 1 is 1.06 bits per heavy atom. The molecule has 0 aliphatic rings. The standard InChI is InChI=1S/C25H22F3N7O/c1-13(2)29-23(36)15-5-6-17(19(26)11-15)20-7-8-22-30-31-24(35(22)33-20)25(27,28)18-10-16-12-34(4)32-21(16)9-14(18)3/h5-13H,1-4H3,(H,29,36). The smallest absolute Gasteiger partial charge is 0.334 e. The first kappa shape index (κ1) is 23.5. The highest BCUT2D eigenvalue weighted by Crippen LogP contribution is 2.38. The molecule has 5 rings (SSSR count). The first-order valence-electron chi connectivity index (χ1n) is 11.2. The van der Waals surface area contributed by atoms with E-state index in [9.17, 15) is 9.18 Å². The first-order chi connectivity index (χ1) is 17.0. The van der Waals surface area contributed by atoms with Crippen LogP contribution in [0.2, 0.25) is 0 Å². The van der Waals surface area contributed by atoms with E-state index >= 15 is 8.78 Å². The predicted molar refractivity (Wildman–Crippen MR) is 127 cm³/mol. The number of carbonyl (C=O) groups excluding carboxylic acids is 1. The maximum absolute atomic E-state index is 15.8. The maximum Gasteiger partial charge on any atom is 0.334 e. The van der Waals surface area contributed by atoms with E-state index in [1.807, 2.05) is 0 Å². The topological polar surface area (TPSA) is 90.0 Å². The van der Waals surface area contributed by atoms with Gasteiger partial charge in [-0.1, -0.05) is 0 Å². The zero-order valence-electron chi connectivity index (χ0n) is 19.9. The number of amides is 1. The molecule has 0 saturated carbocycles. The van der Waals surface area contributed by atoms with Crippen LogP contribution in [0, 0.1) is 12.7 Å². The number of rotatable bonds is 5. The normalized spacial score (nSPS) is 12.1. The fourth-order valence-electron chi connectivity index (χ4n) is 4.10. The highest BCUT2D eigenvalue weighted by Gasteiger charge is 2.41. The Morgan fingerprint density at radius 3 is 2.56 bits per heavy atom. The van der Waals surface area contributed by atoms with Crippen molar-refractivity contribution in [1.29, 1.82) is 0 Å². The Kier molecular flexibility index (Phi) is 5.50. The largest absolute Gasteiger partial charge is 0.350 e. The summed E-state index contributed by atoms with van der Waals surface area (Å²) in [6.07, 6.45) is 1.65. The number of aromatic nitrogens is 6. The summed E-state index contributed by atoms with van der Waals surface area (Å²) in [6, 6.07) is 9.69. The van der Waals surface area contributed by atoms with Gasteiger partial charge in [0, 0.05) is 41.4 Å². The molecule has 2 aromatic carbocycles. The quantitative estimate of drug-likeness (QED) is 0.392. The van der Waals surface area contributed by atoms with Gasteiger partial charge in [0.2, 0.25) is 5.82 Å². The third kappa shape index (κ3) is 3.96. The van der Waals surface area contributed by atoms with Crippen molar-refractivity contribution in [3.63, 3.8) is 0 Å². The molecule has 184 valence electrons. The number of nitrogens with zero attached hydrogens (tertiary/aromatic N) is 6. The average molecular weight is 493 g/mol. The summed E-state index contributed by atoms with van der Waals surface area (Å²) >= 11 is 0. The number of hydrogen-bond acceptors (Lipinski definition) is 5. The van der Waals surface area contributed by atoms with Crippen LogP contribution in [0.5, 0.6) is 0 Å². The fraction of sp³-hybridized carbons (Fsp3) is 0.240. The minimum atomic E-state index is -3.55. The Hall–Kier alpha value is -4.28. The van der Waals surface area contributed by atoms with Crippen LogP contribution in [0.15, 0.2) is 48.7 Å². The molecule has 0 unspecified atom stereocenters. The molecule has 11 heteroatoms. The van der Waals surface area contributed by atoms with Gasteiger partial charge in [-0.05, 0) is 68.8 Å². The Balaban J connectivity index is 1.57. The van der Waals surface area contributed by atoms with Crippen LogP contribution >= 0.6 is 0 Å².